The lowest BCUT2D eigenvalue weighted by atomic mass is 10.0. The van der Waals surface area contributed by atoms with Gasteiger partial charge in [-0.3, -0.25) is 4.79 Å². The Balaban J connectivity index is 1.53. The van der Waals surface area contributed by atoms with Crippen molar-refractivity contribution in [3.8, 4) is 5.75 Å². The molecule has 1 amide bonds. The highest BCUT2D eigenvalue weighted by Gasteiger charge is 2.18. The zero-order valence-electron chi connectivity index (χ0n) is 15.3. The van der Waals surface area contributed by atoms with Crippen LogP contribution < -0.4 is 15.0 Å². The van der Waals surface area contributed by atoms with E-state index >= 15 is 0 Å². The molecule has 0 aliphatic carbocycles. The molecule has 0 spiro atoms. The molecule has 138 valence electrons. The lowest BCUT2D eigenvalue weighted by Gasteiger charge is -2.35. The van der Waals surface area contributed by atoms with Crippen molar-refractivity contribution >= 4 is 28.9 Å². The SMILES string of the molecule is Cc1cc(OCC(=O)Nc2ccc(N3CCCC[C@H]3C)cc2)ccc1Cl. The third-order valence-corrected chi connectivity index (χ3v) is 5.21. The molecule has 0 bridgehead atoms. The molecule has 1 aliphatic heterocycles. The number of amides is 1. The number of hydrogen-bond donors (Lipinski definition) is 1. The number of aryl methyl sites for hydroxylation is 1. The predicted octanol–water partition coefficient (Wildman–Crippen LogP) is 5.04. The lowest BCUT2D eigenvalue weighted by molar-refractivity contribution is -0.118. The Kier molecular flexibility index (Phi) is 6.04. The number of nitrogens with one attached hydrogen (secondary N) is 1. The number of halogens is 1. The Hall–Kier alpha value is -2.20. The van der Waals surface area contributed by atoms with E-state index in [1.165, 1.54) is 24.9 Å². The number of anilines is 2. The van der Waals surface area contributed by atoms with E-state index in [2.05, 4.69) is 29.3 Å². The van der Waals surface area contributed by atoms with E-state index in [1.54, 1.807) is 12.1 Å². The fourth-order valence-electron chi connectivity index (χ4n) is 3.27. The number of rotatable bonds is 5. The Labute approximate surface area is 160 Å². The largest absolute Gasteiger partial charge is 0.484 e. The second kappa shape index (κ2) is 8.45. The summed E-state index contributed by atoms with van der Waals surface area (Å²) in [6.45, 7) is 5.23. The summed E-state index contributed by atoms with van der Waals surface area (Å²) in [5.74, 6) is 0.452. The minimum Gasteiger partial charge on any atom is -0.484 e. The standard InChI is InChI=1S/C21H25ClN2O2/c1-15-13-19(10-11-20(15)22)26-14-21(25)23-17-6-8-18(9-7-17)24-12-4-3-5-16(24)2/h6-11,13,16H,3-5,12,14H2,1-2H3,(H,23,25)/t16-/m1/s1. The van der Waals surface area contributed by atoms with E-state index in [9.17, 15) is 4.79 Å². The molecule has 0 radical (unpaired) electrons. The Bertz CT molecular complexity index is 761. The van der Waals surface area contributed by atoms with Gasteiger partial charge in [0.15, 0.2) is 6.61 Å². The monoisotopic (exact) mass is 372 g/mol. The second-order valence-corrected chi connectivity index (χ2v) is 7.24. The fourth-order valence-corrected chi connectivity index (χ4v) is 3.39. The minimum atomic E-state index is -0.184. The van der Waals surface area contributed by atoms with E-state index in [0.29, 0.717) is 16.8 Å². The maximum atomic E-state index is 12.1. The molecule has 0 aromatic heterocycles. The lowest BCUT2D eigenvalue weighted by Crippen LogP contribution is -2.37. The molecule has 4 nitrogen and oxygen atoms in total. The van der Waals surface area contributed by atoms with Crippen LogP contribution >= 0.6 is 11.6 Å². The van der Waals surface area contributed by atoms with E-state index in [4.69, 9.17) is 16.3 Å². The van der Waals surface area contributed by atoms with Crippen molar-refractivity contribution in [3.63, 3.8) is 0 Å². The summed E-state index contributed by atoms with van der Waals surface area (Å²) in [7, 11) is 0. The van der Waals surface area contributed by atoms with Crippen LogP contribution in [0.15, 0.2) is 42.5 Å². The topological polar surface area (TPSA) is 41.6 Å². The van der Waals surface area contributed by atoms with Gasteiger partial charge in [-0.15, -0.1) is 0 Å². The second-order valence-electron chi connectivity index (χ2n) is 6.83. The molecule has 1 saturated heterocycles. The highest BCUT2D eigenvalue weighted by atomic mass is 35.5. The molecule has 3 rings (SSSR count). The molecule has 1 aliphatic rings. The number of nitrogens with zero attached hydrogens (tertiary/aromatic N) is 1. The maximum absolute atomic E-state index is 12.1. The number of piperidine rings is 1. The molecule has 1 fully saturated rings. The number of ether oxygens (including phenoxy) is 1. The van der Waals surface area contributed by atoms with Gasteiger partial charge in [0.2, 0.25) is 0 Å². The fraction of sp³-hybridized carbons (Fsp3) is 0.381. The normalized spacial score (nSPS) is 17.0. The number of benzene rings is 2. The Morgan fingerprint density at radius 2 is 2.00 bits per heavy atom. The first-order chi connectivity index (χ1) is 12.5. The molecule has 1 N–H and O–H groups in total. The van der Waals surface area contributed by atoms with Gasteiger partial charge in [-0.1, -0.05) is 11.6 Å². The zero-order chi connectivity index (χ0) is 18.5. The van der Waals surface area contributed by atoms with Gasteiger partial charge in [0.1, 0.15) is 5.75 Å². The minimum absolute atomic E-state index is 0.0357. The summed E-state index contributed by atoms with van der Waals surface area (Å²) in [6.07, 6.45) is 3.78. The van der Waals surface area contributed by atoms with Crippen molar-refractivity contribution in [2.45, 2.75) is 39.2 Å². The average Bonchev–Trinajstić information content (AvgIpc) is 2.64. The molecule has 2 aromatic carbocycles. The molecule has 1 heterocycles. The highest BCUT2D eigenvalue weighted by molar-refractivity contribution is 6.31. The molecule has 2 aromatic rings. The highest BCUT2D eigenvalue weighted by Crippen LogP contribution is 2.26. The Morgan fingerprint density at radius 3 is 2.69 bits per heavy atom. The molecular formula is C21H25ClN2O2. The first kappa shape index (κ1) is 18.6. The van der Waals surface area contributed by atoms with Crippen molar-refractivity contribution < 1.29 is 9.53 Å². The van der Waals surface area contributed by atoms with Crippen LogP contribution in [0, 0.1) is 6.92 Å². The van der Waals surface area contributed by atoms with Gasteiger partial charge in [-0.05, 0) is 81.1 Å². The summed E-state index contributed by atoms with van der Waals surface area (Å²) in [6, 6.07) is 14.0. The van der Waals surface area contributed by atoms with Crippen LogP contribution in [0.4, 0.5) is 11.4 Å². The van der Waals surface area contributed by atoms with E-state index < -0.39 is 0 Å². The van der Waals surface area contributed by atoms with Gasteiger partial charge >= 0.3 is 0 Å². The van der Waals surface area contributed by atoms with Gasteiger partial charge < -0.3 is 15.0 Å². The van der Waals surface area contributed by atoms with Crippen LogP contribution in [-0.2, 0) is 4.79 Å². The van der Waals surface area contributed by atoms with Gasteiger partial charge in [-0.25, -0.2) is 0 Å². The number of hydrogen-bond acceptors (Lipinski definition) is 3. The van der Waals surface area contributed by atoms with Gasteiger partial charge in [-0.2, -0.15) is 0 Å². The number of carbonyl (C=O) groups is 1. The van der Waals surface area contributed by atoms with Gasteiger partial charge in [0, 0.05) is 29.0 Å². The summed E-state index contributed by atoms with van der Waals surface area (Å²) < 4.78 is 5.53. The number of carbonyl (C=O) groups excluding carboxylic acids is 1. The van der Waals surface area contributed by atoms with Crippen LogP contribution in [0.1, 0.15) is 31.7 Å². The molecule has 1 atom stereocenters. The van der Waals surface area contributed by atoms with Gasteiger partial charge in [0.25, 0.3) is 5.91 Å². The van der Waals surface area contributed by atoms with E-state index in [0.717, 1.165) is 17.8 Å². The molecule has 26 heavy (non-hydrogen) atoms. The van der Waals surface area contributed by atoms with Crippen LogP contribution in [-0.4, -0.2) is 25.1 Å². The summed E-state index contributed by atoms with van der Waals surface area (Å²) >= 11 is 5.99. The Morgan fingerprint density at radius 1 is 1.23 bits per heavy atom. The summed E-state index contributed by atoms with van der Waals surface area (Å²) in [5, 5.41) is 3.56. The van der Waals surface area contributed by atoms with Crippen molar-refractivity contribution in [1.82, 2.24) is 0 Å². The van der Waals surface area contributed by atoms with E-state index in [1.807, 2.05) is 25.1 Å². The van der Waals surface area contributed by atoms with Gasteiger partial charge in [0.05, 0.1) is 0 Å². The van der Waals surface area contributed by atoms with Crippen LogP contribution in [0.2, 0.25) is 5.02 Å². The van der Waals surface area contributed by atoms with Crippen molar-refractivity contribution in [2.75, 3.05) is 23.4 Å². The maximum Gasteiger partial charge on any atom is 0.262 e. The molecule has 0 saturated carbocycles. The van der Waals surface area contributed by atoms with Crippen molar-refractivity contribution in [1.29, 1.82) is 0 Å². The predicted molar refractivity (Wildman–Crippen MR) is 107 cm³/mol. The van der Waals surface area contributed by atoms with Crippen molar-refractivity contribution in [3.05, 3.63) is 53.1 Å². The first-order valence-electron chi connectivity index (χ1n) is 9.08. The third kappa shape index (κ3) is 4.70. The quantitative estimate of drug-likeness (QED) is 0.798. The van der Waals surface area contributed by atoms with Crippen LogP contribution in [0.25, 0.3) is 0 Å². The molecule has 5 heteroatoms. The summed E-state index contributed by atoms with van der Waals surface area (Å²) in [4.78, 5) is 14.5. The van der Waals surface area contributed by atoms with E-state index in [-0.39, 0.29) is 12.5 Å². The van der Waals surface area contributed by atoms with Crippen LogP contribution in [0.3, 0.4) is 0 Å². The average molecular weight is 373 g/mol. The smallest absolute Gasteiger partial charge is 0.262 e. The van der Waals surface area contributed by atoms with Crippen LogP contribution in [0.5, 0.6) is 5.75 Å². The molecule has 0 unspecified atom stereocenters. The molecular weight excluding hydrogens is 348 g/mol. The third-order valence-electron chi connectivity index (χ3n) is 4.79. The first-order valence-corrected chi connectivity index (χ1v) is 9.46. The summed E-state index contributed by atoms with van der Waals surface area (Å²) in [5.41, 5.74) is 2.91. The van der Waals surface area contributed by atoms with Crippen molar-refractivity contribution in [2.24, 2.45) is 0 Å². The zero-order valence-corrected chi connectivity index (χ0v) is 16.1.